The van der Waals surface area contributed by atoms with Gasteiger partial charge in [-0.3, -0.25) is 0 Å². The lowest BCUT2D eigenvalue weighted by atomic mass is 9.83. The molecule has 0 aromatic rings. The Morgan fingerprint density at radius 2 is 2.12 bits per heavy atom. The normalized spacial score (nSPS) is 35.6. The Kier molecular flexibility index (Phi) is 1.34. The van der Waals surface area contributed by atoms with Gasteiger partial charge in [-0.25, -0.2) is 0 Å². The summed E-state index contributed by atoms with van der Waals surface area (Å²) in [5.41, 5.74) is 0.542. The lowest BCUT2D eigenvalue weighted by Gasteiger charge is -2.28. The summed E-state index contributed by atoms with van der Waals surface area (Å²) in [5, 5.41) is 0. The van der Waals surface area contributed by atoms with Crippen molar-refractivity contribution in [3.8, 4) is 0 Å². The highest BCUT2D eigenvalue weighted by Crippen LogP contribution is 2.41. The van der Waals surface area contributed by atoms with Crippen LogP contribution in [0.15, 0.2) is 0 Å². The first-order chi connectivity index (χ1) is 3.63. The minimum atomic E-state index is 0.542. The van der Waals surface area contributed by atoms with Crippen molar-refractivity contribution in [1.29, 1.82) is 0 Å². The Bertz CT molecular complexity index is 82.0. The van der Waals surface area contributed by atoms with Gasteiger partial charge >= 0.3 is 0 Å². The van der Waals surface area contributed by atoms with Crippen LogP contribution in [0.25, 0.3) is 0 Å². The first-order valence-corrected chi connectivity index (χ1v) is 3.46. The molecule has 0 aromatic carbocycles. The second-order valence-corrected chi connectivity index (χ2v) is 3.58. The van der Waals surface area contributed by atoms with Crippen molar-refractivity contribution in [1.82, 2.24) is 0 Å². The van der Waals surface area contributed by atoms with Crippen LogP contribution < -0.4 is 0 Å². The summed E-state index contributed by atoms with van der Waals surface area (Å²) >= 11 is 0. The topological polar surface area (TPSA) is 0 Å². The predicted octanol–water partition coefficient (Wildman–Crippen LogP) is 2.65. The van der Waals surface area contributed by atoms with Gasteiger partial charge in [-0.05, 0) is 0 Å². The zero-order valence-corrected chi connectivity index (χ0v) is 5.91. The third-order valence-corrected chi connectivity index (χ3v) is 2.48. The van der Waals surface area contributed by atoms with E-state index in [9.17, 15) is 0 Å². The molecule has 0 saturated heterocycles. The largest absolute Gasteiger partial charge is 0.340 e. The molecule has 0 bridgehead atoms. The van der Waals surface area contributed by atoms with Gasteiger partial charge in [0.2, 0.25) is 0 Å². The maximum absolute atomic E-state index is 4.09. The zero-order valence-electron chi connectivity index (χ0n) is 5.91. The van der Waals surface area contributed by atoms with E-state index in [1.54, 1.807) is 0 Å². The standard InChI is InChI=1S/C8H15/c1-7-5-4-6-8(7,2)3/h7H,1,4-6H2,2-3H3/q-1. The van der Waals surface area contributed by atoms with Crippen LogP contribution in [-0.4, -0.2) is 0 Å². The minimum absolute atomic E-state index is 0.542. The first-order valence-electron chi connectivity index (χ1n) is 3.46. The monoisotopic (exact) mass is 111 g/mol. The fourth-order valence-corrected chi connectivity index (χ4v) is 1.40. The first kappa shape index (κ1) is 6.12. The van der Waals surface area contributed by atoms with E-state index >= 15 is 0 Å². The molecule has 1 aliphatic rings. The Hall–Kier alpha value is 0. The molecule has 1 fully saturated rings. The molecule has 1 rings (SSSR count). The lowest BCUT2D eigenvalue weighted by Crippen LogP contribution is -2.13. The van der Waals surface area contributed by atoms with Gasteiger partial charge in [-0.15, -0.1) is 0 Å². The molecule has 0 nitrogen and oxygen atoms in total. The second kappa shape index (κ2) is 1.75. The molecule has 0 spiro atoms. The van der Waals surface area contributed by atoms with E-state index in [1.165, 1.54) is 19.3 Å². The molecule has 0 heteroatoms. The van der Waals surface area contributed by atoms with E-state index in [0.29, 0.717) is 11.3 Å². The molecular weight excluding hydrogens is 96.1 g/mol. The van der Waals surface area contributed by atoms with Crippen LogP contribution in [0.5, 0.6) is 0 Å². The van der Waals surface area contributed by atoms with Crippen molar-refractivity contribution in [2.45, 2.75) is 33.1 Å². The van der Waals surface area contributed by atoms with Gasteiger partial charge in [-0.2, -0.15) is 5.92 Å². The van der Waals surface area contributed by atoms with Crippen molar-refractivity contribution < 1.29 is 0 Å². The fourth-order valence-electron chi connectivity index (χ4n) is 1.40. The summed E-state index contributed by atoms with van der Waals surface area (Å²) in [5.74, 6) is 0.711. The maximum atomic E-state index is 4.09. The summed E-state index contributed by atoms with van der Waals surface area (Å²) < 4.78 is 0. The molecule has 1 unspecified atom stereocenters. The third kappa shape index (κ3) is 0.888. The van der Waals surface area contributed by atoms with Gasteiger partial charge in [0.15, 0.2) is 0 Å². The number of hydrogen-bond donors (Lipinski definition) is 0. The Morgan fingerprint density at radius 3 is 2.25 bits per heavy atom. The summed E-state index contributed by atoms with van der Waals surface area (Å²) in [6, 6.07) is 0. The maximum Gasteiger partial charge on any atom is -0.0504 e. The van der Waals surface area contributed by atoms with Crippen LogP contribution in [-0.2, 0) is 0 Å². The molecule has 1 atom stereocenters. The van der Waals surface area contributed by atoms with Crippen molar-refractivity contribution in [3.63, 3.8) is 0 Å². The molecule has 0 heterocycles. The fraction of sp³-hybridized carbons (Fsp3) is 0.875. The van der Waals surface area contributed by atoms with Crippen LogP contribution >= 0.6 is 0 Å². The molecule has 48 valence electrons. The van der Waals surface area contributed by atoms with Crippen molar-refractivity contribution in [3.05, 3.63) is 6.92 Å². The van der Waals surface area contributed by atoms with Gasteiger partial charge in [0, 0.05) is 0 Å². The van der Waals surface area contributed by atoms with Gasteiger partial charge < -0.3 is 6.92 Å². The van der Waals surface area contributed by atoms with Crippen LogP contribution in [0.3, 0.4) is 0 Å². The molecular formula is C8H15-. The highest BCUT2D eigenvalue weighted by Gasteiger charge is 2.25. The van der Waals surface area contributed by atoms with E-state index in [4.69, 9.17) is 0 Å². The van der Waals surface area contributed by atoms with E-state index in [-0.39, 0.29) is 0 Å². The number of hydrogen-bond acceptors (Lipinski definition) is 0. The summed E-state index contributed by atoms with van der Waals surface area (Å²) in [7, 11) is 0. The number of rotatable bonds is 0. The quantitative estimate of drug-likeness (QED) is 0.421. The van der Waals surface area contributed by atoms with E-state index < -0.39 is 0 Å². The highest BCUT2D eigenvalue weighted by molar-refractivity contribution is 4.85. The van der Waals surface area contributed by atoms with E-state index in [2.05, 4.69) is 20.8 Å². The Morgan fingerprint density at radius 1 is 1.50 bits per heavy atom. The summed E-state index contributed by atoms with van der Waals surface area (Å²) in [4.78, 5) is 0. The van der Waals surface area contributed by atoms with Gasteiger partial charge in [-0.1, -0.05) is 38.5 Å². The molecule has 0 aromatic heterocycles. The molecule has 0 aliphatic heterocycles. The average molecular weight is 111 g/mol. The van der Waals surface area contributed by atoms with Crippen LogP contribution in [0.1, 0.15) is 33.1 Å². The summed E-state index contributed by atoms with van der Waals surface area (Å²) in [6.45, 7) is 8.72. The molecule has 1 saturated carbocycles. The van der Waals surface area contributed by atoms with Crippen LogP contribution in [0, 0.1) is 18.3 Å². The van der Waals surface area contributed by atoms with Gasteiger partial charge in [0.25, 0.3) is 0 Å². The van der Waals surface area contributed by atoms with Crippen LogP contribution in [0.2, 0.25) is 0 Å². The summed E-state index contributed by atoms with van der Waals surface area (Å²) in [6.07, 6.45) is 4.11. The lowest BCUT2D eigenvalue weighted by molar-refractivity contribution is 0.307. The SMILES string of the molecule is [CH2-]C1CCCC1(C)C. The molecule has 0 radical (unpaired) electrons. The third-order valence-electron chi connectivity index (χ3n) is 2.48. The Balaban J connectivity index is 2.54. The van der Waals surface area contributed by atoms with Crippen molar-refractivity contribution in [2.24, 2.45) is 11.3 Å². The van der Waals surface area contributed by atoms with Crippen molar-refractivity contribution >= 4 is 0 Å². The van der Waals surface area contributed by atoms with Gasteiger partial charge in [0.1, 0.15) is 0 Å². The zero-order chi connectivity index (χ0) is 6.20. The molecule has 0 amide bonds. The van der Waals surface area contributed by atoms with Crippen LogP contribution in [0.4, 0.5) is 0 Å². The highest BCUT2D eigenvalue weighted by atomic mass is 14.4. The van der Waals surface area contributed by atoms with E-state index in [0.717, 1.165) is 0 Å². The Labute approximate surface area is 52.3 Å². The molecule has 1 aliphatic carbocycles. The molecule has 0 N–H and O–H groups in total. The second-order valence-electron chi connectivity index (χ2n) is 3.58. The predicted molar refractivity (Wildman–Crippen MR) is 36.5 cm³/mol. The van der Waals surface area contributed by atoms with E-state index in [1.807, 2.05) is 0 Å². The smallest absolute Gasteiger partial charge is 0.0504 e. The minimum Gasteiger partial charge on any atom is -0.340 e. The van der Waals surface area contributed by atoms with Crippen molar-refractivity contribution in [2.75, 3.05) is 0 Å². The molecule has 8 heavy (non-hydrogen) atoms. The average Bonchev–Trinajstić information content (AvgIpc) is 1.86. The van der Waals surface area contributed by atoms with Gasteiger partial charge in [0.05, 0.1) is 0 Å².